The molecule has 4 nitrogen and oxygen atoms in total. The Morgan fingerprint density at radius 1 is 1.47 bits per heavy atom. The van der Waals surface area contributed by atoms with E-state index in [0.717, 1.165) is 25.2 Å². The number of aliphatic hydroxyl groups is 1. The van der Waals surface area contributed by atoms with E-state index in [1.54, 1.807) is 0 Å². The summed E-state index contributed by atoms with van der Waals surface area (Å²) in [5.41, 5.74) is 0. The Morgan fingerprint density at radius 2 is 2.27 bits per heavy atom. The maximum atomic E-state index is 11.3. The van der Waals surface area contributed by atoms with Gasteiger partial charge in [0.05, 0.1) is 0 Å². The first-order chi connectivity index (χ1) is 7.24. The molecule has 0 spiro atoms. The van der Waals surface area contributed by atoms with Crippen LogP contribution in [0.2, 0.25) is 0 Å². The van der Waals surface area contributed by atoms with Crippen LogP contribution in [-0.2, 0) is 9.53 Å². The zero-order valence-corrected chi connectivity index (χ0v) is 9.11. The van der Waals surface area contributed by atoms with Crippen LogP contribution in [0, 0.1) is 17.8 Å². The fourth-order valence-corrected chi connectivity index (χ4v) is 3.04. The predicted molar refractivity (Wildman–Crippen MR) is 55.2 cm³/mol. The SMILES string of the molecule is COCC(=O)NC1CC2CC(CO)CC21. The van der Waals surface area contributed by atoms with Crippen LogP contribution in [0.5, 0.6) is 0 Å². The van der Waals surface area contributed by atoms with Crippen LogP contribution < -0.4 is 5.32 Å². The Balaban J connectivity index is 1.76. The normalized spacial score (nSPS) is 38.3. The molecule has 0 aromatic rings. The second kappa shape index (κ2) is 4.49. The van der Waals surface area contributed by atoms with E-state index >= 15 is 0 Å². The molecule has 0 heterocycles. The molecule has 15 heavy (non-hydrogen) atoms. The van der Waals surface area contributed by atoms with E-state index in [1.165, 1.54) is 7.11 Å². The second-order valence-corrected chi connectivity index (χ2v) is 4.79. The molecule has 2 fully saturated rings. The number of fused-ring (bicyclic) bond motifs is 1. The third kappa shape index (κ3) is 2.16. The van der Waals surface area contributed by atoms with Crippen molar-refractivity contribution in [2.75, 3.05) is 20.3 Å². The van der Waals surface area contributed by atoms with Gasteiger partial charge in [-0.15, -0.1) is 0 Å². The van der Waals surface area contributed by atoms with Gasteiger partial charge >= 0.3 is 0 Å². The number of nitrogens with one attached hydrogen (secondary N) is 1. The molecule has 0 aliphatic heterocycles. The third-order valence-corrected chi connectivity index (χ3v) is 3.80. The first-order valence-electron chi connectivity index (χ1n) is 5.63. The van der Waals surface area contributed by atoms with Crippen molar-refractivity contribution < 1.29 is 14.6 Å². The topological polar surface area (TPSA) is 58.6 Å². The lowest BCUT2D eigenvalue weighted by Crippen LogP contribution is -2.51. The third-order valence-electron chi connectivity index (χ3n) is 3.80. The lowest BCUT2D eigenvalue weighted by molar-refractivity contribution is -0.127. The highest BCUT2D eigenvalue weighted by Crippen LogP contribution is 2.49. The van der Waals surface area contributed by atoms with Crippen molar-refractivity contribution in [3.63, 3.8) is 0 Å². The Bertz CT molecular complexity index is 244. The summed E-state index contributed by atoms with van der Waals surface area (Å²) in [7, 11) is 1.53. The van der Waals surface area contributed by atoms with Crippen molar-refractivity contribution in [3.05, 3.63) is 0 Å². The summed E-state index contributed by atoms with van der Waals surface area (Å²) in [6.07, 6.45) is 3.29. The van der Waals surface area contributed by atoms with Crippen LogP contribution in [0.15, 0.2) is 0 Å². The van der Waals surface area contributed by atoms with Crippen LogP contribution in [-0.4, -0.2) is 37.4 Å². The number of rotatable bonds is 4. The second-order valence-electron chi connectivity index (χ2n) is 4.79. The van der Waals surface area contributed by atoms with Gasteiger partial charge in [0, 0.05) is 19.8 Å². The zero-order chi connectivity index (χ0) is 10.8. The van der Waals surface area contributed by atoms with E-state index in [9.17, 15) is 4.79 Å². The highest BCUT2D eigenvalue weighted by molar-refractivity contribution is 5.77. The molecule has 0 radical (unpaired) electrons. The van der Waals surface area contributed by atoms with E-state index in [-0.39, 0.29) is 12.5 Å². The van der Waals surface area contributed by atoms with E-state index in [4.69, 9.17) is 9.84 Å². The monoisotopic (exact) mass is 213 g/mol. The maximum Gasteiger partial charge on any atom is 0.246 e. The molecule has 0 saturated heterocycles. The standard InChI is InChI=1S/C11H19NO3/c1-15-6-11(14)12-10-4-8-2-7(5-13)3-9(8)10/h7-10,13H,2-6H2,1H3,(H,12,14). The van der Waals surface area contributed by atoms with Gasteiger partial charge in [0.2, 0.25) is 5.91 Å². The fraction of sp³-hybridized carbons (Fsp3) is 0.909. The molecule has 2 N–H and O–H groups in total. The van der Waals surface area contributed by atoms with E-state index in [2.05, 4.69) is 5.32 Å². The molecular formula is C11H19NO3. The number of hydrogen-bond donors (Lipinski definition) is 2. The Kier molecular flexibility index (Phi) is 3.26. The van der Waals surface area contributed by atoms with Crippen LogP contribution in [0.4, 0.5) is 0 Å². The first kappa shape index (κ1) is 10.9. The zero-order valence-electron chi connectivity index (χ0n) is 9.11. The summed E-state index contributed by atoms with van der Waals surface area (Å²) < 4.78 is 4.77. The summed E-state index contributed by atoms with van der Waals surface area (Å²) in [6, 6.07) is 0.328. The average Bonchev–Trinajstić information content (AvgIpc) is 2.53. The average molecular weight is 213 g/mol. The molecule has 2 rings (SSSR count). The molecular weight excluding hydrogens is 194 g/mol. The minimum Gasteiger partial charge on any atom is -0.396 e. The molecule has 2 aliphatic carbocycles. The molecule has 4 heteroatoms. The number of amides is 1. The molecule has 4 unspecified atom stereocenters. The van der Waals surface area contributed by atoms with Crippen molar-refractivity contribution in [1.29, 1.82) is 0 Å². The van der Waals surface area contributed by atoms with Crippen LogP contribution in [0.3, 0.4) is 0 Å². The highest BCUT2D eigenvalue weighted by atomic mass is 16.5. The fourth-order valence-electron chi connectivity index (χ4n) is 3.04. The Morgan fingerprint density at radius 3 is 2.93 bits per heavy atom. The van der Waals surface area contributed by atoms with Crippen molar-refractivity contribution in [2.24, 2.45) is 17.8 Å². The van der Waals surface area contributed by atoms with Gasteiger partial charge in [0.25, 0.3) is 0 Å². The molecule has 2 aliphatic rings. The molecule has 0 aromatic carbocycles. The smallest absolute Gasteiger partial charge is 0.246 e. The minimum atomic E-state index is -0.0200. The van der Waals surface area contributed by atoms with Gasteiger partial charge in [0.15, 0.2) is 0 Å². The lowest BCUT2D eigenvalue weighted by Gasteiger charge is -2.40. The maximum absolute atomic E-state index is 11.3. The van der Waals surface area contributed by atoms with Gasteiger partial charge in [-0.05, 0) is 37.0 Å². The summed E-state index contributed by atoms with van der Waals surface area (Å²) in [5.74, 6) is 1.77. The number of carbonyl (C=O) groups is 1. The molecule has 1 amide bonds. The van der Waals surface area contributed by atoms with Crippen molar-refractivity contribution in [3.8, 4) is 0 Å². The highest BCUT2D eigenvalue weighted by Gasteiger charge is 2.47. The predicted octanol–water partition coefficient (Wildman–Crippen LogP) is 0.156. The summed E-state index contributed by atoms with van der Waals surface area (Å²) in [6.45, 7) is 0.447. The van der Waals surface area contributed by atoms with Gasteiger partial charge in [-0.1, -0.05) is 0 Å². The molecule has 0 aromatic heterocycles. The molecule has 2 saturated carbocycles. The van der Waals surface area contributed by atoms with Gasteiger partial charge in [-0.3, -0.25) is 4.79 Å². The minimum absolute atomic E-state index is 0.0200. The van der Waals surface area contributed by atoms with Gasteiger partial charge in [-0.2, -0.15) is 0 Å². The van der Waals surface area contributed by atoms with Crippen molar-refractivity contribution >= 4 is 5.91 Å². The van der Waals surface area contributed by atoms with Gasteiger partial charge < -0.3 is 15.2 Å². The van der Waals surface area contributed by atoms with Crippen LogP contribution >= 0.6 is 0 Å². The number of carbonyl (C=O) groups excluding carboxylic acids is 1. The van der Waals surface area contributed by atoms with Gasteiger partial charge in [-0.25, -0.2) is 0 Å². The van der Waals surface area contributed by atoms with Crippen LogP contribution in [0.1, 0.15) is 19.3 Å². The Labute approximate surface area is 90.0 Å². The quantitative estimate of drug-likeness (QED) is 0.699. The summed E-state index contributed by atoms with van der Waals surface area (Å²) >= 11 is 0. The van der Waals surface area contributed by atoms with Crippen molar-refractivity contribution in [2.45, 2.75) is 25.3 Å². The lowest BCUT2D eigenvalue weighted by atomic mass is 9.71. The van der Waals surface area contributed by atoms with Crippen molar-refractivity contribution in [1.82, 2.24) is 5.32 Å². The van der Waals surface area contributed by atoms with E-state index in [0.29, 0.717) is 24.5 Å². The van der Waals surface area contributed by atoms with E-state index < -0.39 is 0 Å². The summed E-state index contributed by atoms with van der Waals surface area (Å²) in [5, 5.41) is 12.1. The number of ether oxygens (including phenoxy) is 1. The molecule has 4 atom stereocenters. The first-order valence-corrected chi connectivity index (χ1v) is 5.63. The van der Waals surface area contributed by atoms with E-state index in [1.807, 2.05) is 0 Å². The van der Waals surface area contributed by atoms with Crippen LogP contribution in [0.25, 0.3) is 0 Å². The number of methoxy groups -OCH3 is 1. The largest absolute Gasteiger partial charge is 0.396 e. The number of hydrogen-bond acceptors (Lipinski definition) is 3. The van der Waals surface area contributed by atoms with Gasteiger partial charge in [0.1, 0.15) is 6.61 Å². The molecule has 0 bridgehead atoms. The molecule has 86 valence electrons. The Hall–Kier alpha value is -0.610. The summed E-state index contributed by atoms with van der Waals surface area (Å²) in [4.78, 5) is 11.3. The number of aliphatic hydroxyl groups excluding tert-OH is 1.